The van der Waals surface area contributed by atoms with Crippen LogP contribution in [0.15, 0.2) is 64.9 Å². The van der Waals surface area contributed by atoms with Gasteiger partial charge in [0, 0.05) is 50.1 Å². The zero-order valence-electron chi connectivity index (χ0n) is 24.3. The number of thiophene rings is 1. The van der Waals surface area contributed by atoms with E-state index in [0.29, 0.717) is 37.5 Å². The molecule has 0 radical (unpaired) electrons. The summed E-state index contributed by atoms with van der Waals surface area (Å²) in [6.45, 7) is 13.1. The molecule has 1 fully saturated rings. The maximum absolute atomic E-state index is 13.5. The highest BCUT2D eigenvalue weighted by molar-refractivity contribution is 7.89. The highest BCUT2D eigenvalue weighted by Gasteiger charge is 2.36. The molecular weight excluding hydrogens is 539 g/mol. The Kier molecular flexibility index (Phi) is 8.26. The zero-order chi connectivity index (χ0) is 28.7. The van der Waals surface area contributed by atoms with Crippen LogP contribution in [0.5, 0.6) is 0 Å². The van der Waals surface area contributed by atoms with Crippen molar-refractivity contribution in [3.05, 3.63) is 87.1 Å². The Bertz CT molecular complexity index is 1440. The second-order valence-corrected chi connectivity index (χ2v) is 15.1. The van der Waals surface area contributed by atoms with E-state index in [0.717, 1.165) is 18.5 Å². The van der Waals surface area contributed by atoms with Crippen molar-refractivity contribution in [3.8, 4) is 0 Å². The van der Waals surface area contributed by atoms with Gasteiger partial charge in [0.05, 0.1) is 10.9 Å². The molecule has 0 unspecified atom stereocenters. The molecular formula is C32H41N3O3S2. The zero-order valence-corrected chi connectivity index (χ0v) is 25.9. The SMILES string of the molecule is Cc1ccc([C@@H]2c3ccsc3CCN2CCC(=O)N2CCN(S(=O)(=O)c3ccc(C(C)(C)C)cc3)[C@H](C)C2)cc1. The van der Waals surface area contributed by atoms with Gasteiger partial charge in [0.2, 0.25) is 15.9 Å². The lowest BCUT2D eigenvalue weighted by Gasteiger charge is -2.40. The number of sulfonamides is 1. The first-order valence-electron chi connectivity index (χ1n) is 14.2. The topological polar surface area (TPSA) is 60.9 Å². The lowest BCUT2D eigenvalue weighted by molar-refractivity contribution is -0.133. The Labute approximate surface area is 243 Å². The number of piperazine rings is 1. The summed E-state index contributed by atoms with van der Waals surface area (Å²) in [5, 5.41) is 2.17. The van der Waals surface area contributed by atoms with E-state index in [2.05, 4.69) is 68.3 Å². The average molecular weight is 580 g/mol. The van der Waals surface area contributed by atoms with Crippen molar-refractivity contribution in [3.63, 3.8) is 0 Å². The number of aryl methyl sites for hydroxylation is 1. The van der Waals surface area contributed by atoms with Gasteiger partial charge < -0.3 is 4.90 Å². The van der Waals surface area contributed by atoms with Crippen LogP contribution in [0.25, 0.3) is 0 Å². The maximum atomic E-state index is 13.5. The quantitative estimate of drug-likeness (QED) is 0.381. The Hall–Kier alpha value is -2.52. The lowest BCUT2D eigenvalue weighted by atomic mass is 9.87. The first-order valence-corrected chi connectivity index (χ1v) is 16.5. The molecule has 3 heterocycles. The normalized spacial score (nSPS) is 20.9. The molecule has 40 heavy (non-hydrogen) atoms. The number of fused-ring (bicyclic) bond motifs is 1. The van der Waals surface area contributed by atoms with Crippen LogP contribution < -0.4 is 0 Å². The molecule has 0 aliphatic carbocycles. The molecule has 0 N–H and O–H groups in total. The van der Waals surface area contributed by atoms with E-state index in [1.807, 2.05) is 35.3 Å². The summed E-state index contributed by atoms with van der Waals surface area (Å²) in [6, 6.07) is 18.1. The number of carbonyl (C=O) groups is 1. The second kappa shape index (κ2) is 11.4. The molecule has 5 rings (SSSR count). The van der Waals surface area contributed by atoms with Gasteiger partial charge in [-0.3, -0.25) is 9.69 Å². The summed E-state index contributed by atoms with van der Waals surface area (Å²) < 4.78 is 28.5. The fourth-order valence-electron chi connectivity index (χ4n) is 5.93. The summed E-state index contributed by atoms with van der Waals surface area (Å²) in [7, 11) is -3.63. The molecule has 2 aromatic carbocycles. The van der Waals surface area contributed by atoms with Crippen LogP contribution in [-0.2, 0) is 26.7 Å². The Morgan fingerprint density at radius 2 is 1.68 bits per heavy atom. The van der Waals surface area contributed by atoms with Gasteiger partial charge in [-0.25, -0.2) is 8.42 Å². The Balaban J connectivity index is 1.22. The van der Waals surface area contributed by atoms with E-state index in [9.17, 15) is 13.2 Å². The molecule has 214 valence electrons. The number of rotatable bonds is 6. The Morgan fingerprint density at radius 3 is 2.33 bits per heavy atom. The minimum atomic E-state index is -3.63. The van der Waals surface area contributed by atoms with Crippen molar-refractivity contribution in [2.24, 2.45) is 0 Å². The molecule has 0 spiro atoms. The lowest BCUT2D eigenvalue weighted by Crippen LogP contribution is -2.55. The van der Waals surface area contributed by atoms with Crippen LogP contribution in [0, 0.1) is 6.92 Å². The van der Waals surface area contributed by atoms with E-state index >= 15 is 0 Å². The van der Waals surface area contributed by atoms with Crippen molar-refractivity contribution < 1.29 is 13.2 Å². The van der Waals surface area contributed by atoms with Crippen molar-refractivity contribution >= 4 is 27.3 Å². The maximum Gasteiger partial charge on any atom is 0.243 e. The van der Waals surface area contributed by atoms with Gasteiger partial charge in [0.15, 0.2) is 0 Å². The minimum Gasteiger partial charge on any atom is -0.340 e. The minimum absolute atomic E-state index is 0.0398. The van der Waals surface area contributed by atoms with Gasteiger partial charge in [-0.1, -0.05) is 62.7 Å². The van der Waals surface area contributed by atoms with Gasteiger partial charge in [-0.05, 0) is 66.0 Å². The standard InChI is InChI=1S/C32H41N3O3S2/c1-23-6-8-25(9-7-23)31-28-16-21-39-29(28)14-17-33(31)18-15-30(36)34-19-20-35(24(2)22-34)40(37,38)27-12-10-26(11-13-27)32(3,4)5/h6-13,16,21,24,31H,14-15,17-20,22H2,1-5H3/t24-,31-/m1/s1. The predicted octanol–water partition coefficient (Wildman–Crippen LogP) is 5.61. The number of carbonyl (C=O) groups excluding carboxylic acids is 1. The van der Waals surface area contributed by atoms with Crippen molar-refractivity contribution in [1.29, 1.82) is 0 Å². The summed E-state index contributed by atoms with van der Waals surface area (Å²) in [4.78, 5) is 19.4. The fraction of sp³-hybridized carbons (Fsp3) is 0.469. The van der Waals surface area contributed by atoms with Crippen LogP contribution >= 0.6 is 11.3 Å². The van der Waals surface area contributed by atoms with Gasteiger partial charge in [-0.2, -0.15) is 4.31 Å². The fourth-order valence-corrected chi connectivity index (χ4v) is 8.45. The van der Waals surface area contributed by atoms with Gasteiger partial charge in [0.1, 0.15) is 0 Å². The van der Waals surface area contributed by atoms with Crippen LogP contribution in [0.1, 0.15) is 67.3 Å². The number of nitrogens with zero attached hydrogens (tertiary/aromatic N) is 3. The summed E-state index contributed by atoms with van der Waals surface area (Å²) in [6.07, 6.45) is 1.43. The van der Waals surface area contributed by atoms with Crippen LogP contribution in [0.2, 0.25) is 0 Å². The van der Waals surface area contributed by atoms with Crippen molar-refractivity contribution in [2.75, 3.05) is 32.7 Å². The molecule has 0 bridgehead atoms. The number of hydrogen-bond acceptors (Lipinski definition) is 5. The molecule has 6 nitrogen and oxygen atoms in total. The van der Waals surface area contributed by atoms with E-state index in [1.54, 1.807) is 16.4 Å². The van der Waals surface area contributed by atoms with Crippen molar-refractivity contribution in [1.82, 2.24) is 14.1 Å². The third-order valence-corrected chi connectivity index (χ3v) is 11.3. The van der Waals surface area contributed by atoms with Crippen molar-refractivity contribution in [2.45, 2.75) is 69.9 Å². The molecule has 3 aromatic rings. The molecule has 1 aromatic heterocycles. The molecule has 8 heteroatoms. The van der Waals surface area contributed by atoms with Crippen LogP contribution in [0.4, 0.5) is 0 Å². The largest absolute Gasteiger partial charge is 0.340 e. The molecule has 0 saturated carbocycles. The number of benzene rings is 2. The molecule has 2 atom stereocenters. The molecule has 2 aliphatic heterocycles. The molecule has 1 saturated heterocycles. The average Bonchev–Trinajstić information content (AvgIpc) is 3.40. The highest BCUT2D eigenvalue weighted by Crippen LogP contribution is 2.38. The third-order valence-electron chi connectivity index (χ3n) is 8.32. The Morgan fingerprint density at radius 1 is 0.975 bits per heavy atom. The first-order chi connectivity index (χ1) is 18.9. The first kappa shape index (κ1) is 29.0. The summed E-state index contributed by atoms with van der Waals surface area (Å²) in [5.41, 5.74) is 4.92. The number of amides is 1. The monoisotopic (exact) mass is 579 g/mol. The molecule has 2 aliphatic rings. The molecule has 1 amide bonds. The number of hydrogen-bond donors (Lipinski definition) is 0. The van der Waals surface area contributed by atoms with E-state index in [4.69, 9.17) is 0 Å². The van der Waals surface area contributed by atoms with E-state index in [1.165, 1.54) is 21.6 Å². The predicted molar refractivity (Wildman–Crippen MR) is 162 cm³/mol. The van der Waals surface area contributed by atoms with Gasteiger partial charge in [-0.15, -0.1) is 11.3 Å². The summed E-state index contributed by atoms with van der Waals surface area (Å²) in [5.74, 6) is 0.0946. The van der Waals surface area contributed by atoms with E-state index in [-0.39, 0.29) is 23.4 Å². The smallest absolute Gasteiger partial charge is 0.243 e. The van der Waals surface area contributed by atoms with Crippen LogP contribution in [-0.4, -0.2) is 67.2 Å². The highest BCUT2D eigenvalue weighted by atomic mass is 32.2. The van der Waals surface area contributed by atoms with Gasteiger partial charge in [0.25, 0.3) is 0 Å². The third kappa shape index (κ3) is 5.91. The van der Waals surface area contributed by atoms with Gasteiger partial charge >= 0.3 is 0 Å². The summed E-state index contributed by atoms with van der Waals surface area (Å²) >= 11 is 1.82. The van der Waals surface area contributed by atoms with E-state index < -0.39 is 10.0 Å². The van der Waals surface area contributed by atoms with Crippen LogP contribution in [0.3, 0.4) is 0 Å². The second-order valence-electron chi connectivity index (χ2n) is 12.2.